The molecule has 1 aliphatic heterocycles. The van der Waals surface area contributed by atoms with Crippen LogP contribution >= 0.6 is 0 Å². The molecule has 6 heteroatoms. The molecule has 1 aliphatic rings. The van der Waals surface area contributed by atoms with E-state index < -0.39 is 0 Å². The van der Waals surface area contributed by atoms with Crippen LogP contribution in [0.3, 0.4) is 0 Å². The molecule has 0 unspecified atom stereocenters. The zero-order valence-corrected chi connectivity index (χ0v) is 9.74. The summed E-state index contributed by atoms with van der Waals surface area (Å²) in [6.07, 6.45) is 0.864. The van der Waals surface area contributed by atoms with Gasteiger partial charge in [-0.15, -0.1) is 0 Å². The van der Waals surface area contributed by atoms with Crippen molar-refractivity contribution in [1.29, 1.82) is 5.41 Å². The van der Waals surface area contributed by atoms with Gasteiger partial charge in [-0.25, -0.2) is 4.79 Å². The molecule has 0 saturated carbocycles. The van der Waals surface area contributed by atoms with E-state index in [0.29, 0.717) is 32.8 Å². The fourth-order valence-corrected chi connectivity index (χ4v) is 1.67. The van der Waals surface area contributed by atoms with Crippen molar-refractivity contribution < 1.29 is 9.53 Å². The van der Waals surface area contributed by atoms with Gasteiger partial charge < -0.3 is 20.3 Å². The van der Waals surface area contributed by atoms with E-state index in [0.717, 1.165) is 6.42 Å². The van der Waals surface area contributed by atoms with Crippen molar-refractivity contribution in [3.63, 3.8) is 0 Å². The lowest BCUT2D eigenvalue weighted by Gasteiger charge is -2.32. The molecule has 0 aromatic heterocycles. The number of rotatable bonds is 4. The number of carbonyl (C=O) groups excluding carboxylic acids is 1. The van der Waals surface area contributed by atoms with Crippen molar-refractivity contribution >= 4 is 11.9 Å². The van der Waals surface area contributed by atoms with Gasteiger partial charge in [-0.3, -0.25) is 5.41 Å². The second-order valence-corrected chi connectivity index (χ2v) is 3.83. The van der Waals surface area contributed by atoms with Crippen molar-refractivity contribution in [2.45, 2.75) is 13.3 Å². The van der Waals surface area contributed by atoms with Crippen LogP contribution < -0.4 is 5.73 Å². The highest BCUT2D eigenvalue weighted by molar-refractivity contribution is 5.84. The van der Waals surface area contributed by atoms with Crippen LogP contribution in [0.1, 0.15) is 13.3 Å². The number of urea groups is 1. The Hall–Kier alpha value is -1.30. The number of nitrogens with two attached hydrogens (primary N) is 1. The van der Waals surface area contributed by atoms with Crippen LogP contribution in [0.5, 0.6) is 0 Å². The van der Waals surface area contributed by atoms with Crippen molar-refractivity contribution in [3.05, 3.63) is 0 Å². The molecule has 1 saturated heterocycles. The number of nitrogens with zero attached hydrogens (tertiary/aromatic N) is 2. The maximum Gasteiger partial charge on any atom is 0.320 e. The summed E-state index contributed by atoms with van der Waals surface area (Å²) >= 11 is 0. The average Bonchev–Trinajstić information content (AvgIpc) is 2.28. The first-order valence-corrected chi connectivity index (χ1v) is 5.59. The van der Waals surface area contributed by atoms with Crippen molar-refractivity contribution in [2.24, 2.45) is 5.73 Å². The van der Waals surface area contributed by atoms with E-state index in [4.69, 9.17) is 15.9 Å². The molecule has 0 radical (unpaired) electrons. The fraction of sp³-hybridized carbons (Fsp3) is 0.800. The standard InChI is InChI=1S/C10H20N4O2/c1-2-3-14(8-9(11)12)10(15)13-4-6-16-7-5-13/h2-8H2,1H3,(H3,11,12). The maximum atomic E-state index is 12.1. The van der Waals surface area contributed by atoms with E-state index in [9.17, 15) is 4.79 Å². The first-order chi connectivity index (χ1) is 7.65. The molecule has 0 aliphatic carbocycles. The third-order valence-electron chi connectivity index (χ3n) is 2.41. The highest BCUT2D eigenvalue weighted by Crippen LogP contribution is 2.04. The number of ether oxygens (including phenoxy) is 1. The van der Waals surface area contributed by atoms with Crippen LogP contribution in [0, 0.1) is 5.41 Å². The predicted molar refractivity (Wildman–Crippen MR) is 61.6 cm³/mol. The molecule has 3 N–H and O–H groups in total. The van der Waals surface area contributed by atoms with E-state index in [1.165, 1.54) is 0 Å². The van der Waals surface area contributed by atoms with Gasteiger partial charge in [-0.05, 0) is 6.42 Å². The predicted octanol–water partition coefficient (Wildman–Crippen LogP) is 0.0866. The normalized spacial score (nSPS) is 15.9. The molecule has 92 valence electrons. The smallest absolute Gasteiger partial charge is 0.320 e. The maximum absolute atomic E-state index is 12.1. The highest BCUT2D eigenvalue weighted by atomic mass is 16.5. The summed E-state index contributed by atoms with van der Waals surface area (Å²) in [6.45, 7) is 5.27. The molecular weight excluding hydrogens is 208 g/mol. The van der Waals surface area contributed by atoms with Crippen LogP contribution in [0.15, 0.2) is 0 Å². The molecule has 0 atom stereocenters. The molecule has 0 bridgehead atoms. The van der Waals surface area contributed by atoms with Gasteiger partial charge in [-0.2, -0.15) is 0 Å². The zero-order valence-electron chi connectivity index (χ0n) is 9.74. The summed E-state index contributed by atoms with van der Waals surface area (Å²) in [5, 5.41) is 7.25. The van der Waals surface area contributed by atoms with Crippen molar-refractivity contribution in [3.8, 4) is 0 Å². The van der Waals surface area contributed by atoms with Gasteiger partial charge in [0.15, 0.2) is 0 Å². The van der Waals surface area contributed by atoms with Gasteiger partial charge in [0.1, 0.15) is 5.84 Å². The number of amides is 2. The molecule has 1 fully saturated rings. The number of morpholine rings is 1. The van der Waals surface area contributed by atoms with Crippen LogP contribution in [-0.2, 0) is 4.74 Å². The third-order valence-corrected chi connectivity index (χ3v) is 2.41. The van der Waals surface area contributed by atoms with Gasteiger partial charge in [0, 0.05) is 19.6 Å². The summed E-state index contributed by atoms with van der Waals surface area (Å²) in [5.74, 6) is 0.0232. The minimum absolute atomic E-state index is 0.0232. The summed E-state index contributed by atoms with van der Waals surface area (Å²) in [4.78, 5) is 15.4. The largest absolute Gasteiger partial charge is 0.386 e. The number of hydrogen-bond acceptors (Lipinski definition) is 3. The molecule has 1 heterocycles. The van der Waals surface area contributed by atoms with Crippen LogP contribution in [0.4, 0.5) is 4.79 Å². The Morgan fingerprint density at radius 1 is 1.50 bits per heavy atom. The van der Waals surface area contributed by atoms with E-state index in [1.807, 2.05) is 6.92 Å². The van der Waals surface area contributed by atoms with Gasteiger partial charge in [0.25, 0.3) is 0 Å². The lowest BCUT2D eigenvalue weighted by Crippen LogP contribution is -2.50. The quantitative estimate of drug-likeness (QED) is 0.528. The first-order valence-electron chi connectivity index (χ1n) is 5.59. The van der Waals surface area contributed by atoms with Crippen LogP contribution in [-0.4, -0.2) is 61.1 Å². The van der Waals surface area contributed by atoms with Gasteiger partial charge in [-0.1, -0.05) is 6.92 Å². The fourth-order valence-electron chi connectivity index (χ4n) is 1.67. The van der Waals surface area contributed by atoms with E-state index in [-0.39, 0.29) is 18.4 Å². The van der Waals surface area contributed by atoms with Crippen LogP contribution in [0.25, 0.3) is 0 Å². The Morgan fingerprint density at radius 3 is 2.62 bits per heavy atom. The summed E-state index contributed by atoms with van der Waals surface area (Å²) in [5.41, 5.74) is 5.34. The summed E-state index contributed by atoms with van der Waals surface area (Å²) in [7, 11) is 0. The third kappa shape index (κ3) is 3.69. The number of nitrogens with one attached hydrogen (secondary N) is 1. The number of amidine groups is 1. The number of hydrogen-bond donors (Lipinski definition) is 2. The molecule has 2 amide bonds. The van der Waals surface area contributed by atoms with Gasteiger partial charge in [0.05, 0.1) is 19.8 Å². The SMILES string of the molecule is CCCN(CC(=N)N)C(=O)N1CCOCC1. The Kier molecular flexibility index (Phi) is 5.04. The zero-order chi connectivity index (χ0) is 12.0. The minimum atomic E-state index is -0.0413. The molecule has 0 aromatic carbocycles. The Labute approximate surface area is 95.8 Å². The second-order valence-electron chi connectivity index (χ2n) is 3.83. The molecule has 1 rings (SSSR count). The Bertz CT molecular complexity index is 251. The van der Waals surface area contributed by atoms with Crippen molar-refractivity contribution in [1.82, 2.24) is 9.80 Å². The Morgan fingerprint density at radius 2 is 2.12 bits per heavy atom. The number of carbonyl (C=O) groups is 1. The topological polar surface area (TPSA) is 82.7 Å². The van der Waals surface area contributed by atoms with Crippen molar-refractivity contribution in [2.75, 3.05) is 39.4 Å². The first kappa shape index (κ1) is 12.8. The molecule has 0 spiro atoms. The Balaban J connectivity index is 2.54. The van der Waals surface area contributed by atoms with E-state index in [2.05, 4.69) is 0 Å². The second kappa shape index (κ2) is 6.32. The molecular formula is C10H20N4O2. The summed E-state index contributed by atoms with van der Waals surface area (Å²) in [6, 6.07) is -0.0413. The lowest BCUT2D eigenvalue weighted by atomic mass is 10.3. The molecule has 0 aromatic rings. The minimum Gasteiger partial charge on any atom is -0.386 e. The molecule has 16 heavy (non-hydrogen) atoms. The van der Waals surface area contributed by atoms with E-state index in [1.54, 1.807) is 9.80 Å². The van der Waals surface area contributed by atoms with Gasteiger partial charge in [0.2, 0.25) is 0 Å². The highest BCUT2D eigenvalue weighted by Gasteiger charge is 2.22. The van der Waals surface area contributed by atoms with Crippen LogP contribution in [0.2, 0.25) is 0 Å². The summed E-state index contributed by atoms with van der Waals surface area (Å²) < 4.78 is 5.19. The average molecular weight is 228 g/mol. The monoisotopic (exact) mass is 228 g/mol. The van der Waals surface area contributed by atoms with Gasteiger partial charge >= 0.3 is 6.03 Å². The lowest BCUT2D eigenvalue weighted by molar-refractivity contribution is 0.0445. The van der Waals surface area contributed by atoms with E-state index >= 15 is 0 Å². The molecule has 6 nitrogen and oxygen atoms in total.